The highest BCUT2D eigenvalue weighted by Gasteiger charge is 2.13. The lowest BCUT2D eigenvalue weighted by Crippen LogP contribution is -2.30. The molecule has 0 aliphatic carbocycles. The van der Waals surface area contributed by atoms with Crippen LogP contribution in [-0.4, -0.2) is 20.9 Å². The number of amides is 1. The van der Waals surface area contributed by atoms with Crippen LogP contribution in [0.4, 0.5) is 0 Å². The number of carbonyl (C=O) groups is 1. The van der Waals surface area contributed by atoms with E-state index < -0.39 is 10.0 Å². The molecule has 2 N–H and O–H groups in total. The second-order valence-corrected chi connectivity index (χ2v) is 7.07. The van der Waals surface area contributed by atoms with Crippen molar-refractivity contribution in [1.82, 2.24) is 10.0 Å². The van der Waals surface area contributed by atoms with E-state index in [0.717, 1.165) is 5.56 Å². The van der Waals surface area contributed by atoms with Crippen molar-refractivity contribution < 1.29 is 13.2 Å². The molecule has 0 spiro atoms. The summed E-state index contributed by atoms with van der Waals surface area (Å²) in [7, 11) is -3.58. The van der Waals surface area contributed by atoms with Crippen LogP contribution in [0.15, 0.2) is 59.5 Å². The van der Waals surface area contributed by atoms with Crippen LogP contribution >= 0.6 is 11.6 Å². The van der Waals surface area contributed by atoms with E-state index in [2.05, 4.69) is 10.0 Å². The zero-order valence-electron chi connectivity index (χ0n) is 12.3. The van der Waals surface area contributed by atoms with Gasteiger partial charge >= 0.3 is 0 Å². The molecule has 0 aliphatic rings. The number of hydrogen-bond acceptors (Lipinski definition) is 3. The number of benzene rings is 2. The van der Waals surface area contributed by atoms with Crippen molar-refractivity contribution in [2.75, 3.05) is 6.54 Å². The summed E-state index contributed by atoms with van der Waals surface area (Å²) in [5.41, 5.74) is 0.885. The minimum Gasteiger partial charge on any atom is -0.352 e. The maximum absolute atomic E-state index is 12.0. The fourth-order valence-electron chi connectivity index (χ4n) is 1.92. The van der Waals surface area contributed by atoms with Crippen LogP contribution in [-0.2, 0) is 21.4 Å². The molecule has 0 aromatic heterocycles. The maximum Gasteiger partial charge on any atom is 0.240 e. The van der Waals surface area contributed by atoms with Gasteiger partial charge in [-0.1, -0.05) is 41.9 Å². The van der Waals surface area contributed by atoms with Crippen molar-refractivity contribution in [2.45, 2.75) is 17.9 Å². The summed E-state index contributed by atoms with van der Waals surface area (Å²) in [4.78, 5) is 11.9. The molecule has 2 aromatic rings. The highest BCUT2D eigenvalue weighted by atomic mass is 35.5. The third-order valence-electron chi connectivity index (χ3n) is 3.08. The highest BCUT2D eigenvalue weighted by Crippen LogP contribution is 2.10. The van der Waals surface area contributed by atoms with Crippen LogP contribution in [0.25, 0.3) is 0 Å². The molecule has 0 radical (unpaired) electrons. The lowest BCUT2D eigenvalue weighted by Gasteiger charge is -2.08. The zero-order valence-corrected chi connectivity index (χ0v) is 13.9. The van der Waals surface area contributed by atoms with E-state index in [1.807, 2.05) is 6.07 Å². The van der Waals surface area contributed by atoms with Gasteiger partial charge in [0.05, 0.1) is 4.90 Å². The first kappa shape index (κ1) is 17.5. The summed E-state index contributed by atoms with van der Waals surface area (Å²) in [6.07, 6.45) is 0.0621. The molecule has 0 aliphatic heterocycles. The molecule has 2 aromatic carbocycles. The summed E-state index contributed by atoms with van der Waals surface area (Å²) >= 11 is 5.86. The fraction of sp³-hybridized carbons (Fsp3) is 0.188. The average Bonchev–Trinajstić information content (AvgIpc) is 2.54. The van der Waals surface area contributed by atoms with Crippen molar-refractivity contribution in [3.63, 3.8) is 0 Å². The minimum absolute atomic E-state index is 0.0403. The summed E-state index contributed by atoms with van der Waals surface area (Å²) in [6, 6.07) is 15.2. The summed E-state index contributed by atoms with van der Waals surface area (Å²) in [6.45, 7) is 0.392. The molecular weight excluding hydrogens is 336 g/mol. The Hall–Kier alpha value is -1.89. The molecule has 0 bridgehead atoms. The van der Waals surface area contributed by atoms with Crippen molar-refractivity contribution in [3.8, 4) is 0 Å². The Morgan fingerprint density at radius 3 is 2.48 bits per heavy atom. The predicted molar refractivity (Wildman–Crippen MR) is 89.5 cm³/mol. The van der Waals surface area contributed by atoms with Crippen LogP contribution in [0, 0.1) is 0 Å². The molecule has 0 fully saturated rings. The maximum atomic E-state index is 12.0. The molecule has 2 rings (SSSR count). The van der Waals surface area contributed by atoms with E-state index in [1.165, 1.54) is 12.1 Å². The van der Waals surface area contributed by atoms with Gasteiger partial charge in [0.15, 0.2) is 0 Å². The second kappa shape index (κ2) is 8.10. The number of carbonyl (C=O) groups excluding carboxylic acids is 1. The Kier molecular flexibility index (Phi) is 6.15. The Bertz CT molecular complexity index is 764. The van der Waals surface area contributed by atoms with Crippen molar-refractivity contribution in [1.29, 1.82) is 0 Å². The minimum atomic E-state index is -3.58. The Morgan fingerprint density at radius 2 is 1.78 bits per heavy atom. The van der Waals surface area contributed by atoms with Crippen LogP contribution in [0.2, 0.25) is 5.02 Å². The Morgan fingerprint density at radius 1 is 1.04 bits per heavy atom. The summed E-state index contributed by atoms with van der Waals surface area (Å²) < 4.78 is 26.3. The van der Waals surface area contributed by atoms with E-state index in [1.54, 1.807) is 36.4 Å². The van der Waals surface area contributed by atoms with Gasteiger partial charge in [-0.15, -0.1) is 0 Å². The molecular formula is C16H17ClN2O3S. The normalized spacial score (nSPS) is 11.2. The van der Waals surface area contributed by atoms with Gasteiger partial charge in [-0.05, 0) is 29.8 Å². The molecule has 0 unspecified atom stereocenters. The van der Waals surface area contributed by atoms with Gasteiger partial charge in [0.2, 0.25) is 15.9 Å². The Labute approximate surface area is 140 Å². The van der Waals surface area contributed by atoms with Crippen LogP contribution in [0.5, 0.6) is 0 Å². The van der Waals surface area contributed by atoms with Gasteiger partial charge in [0.25, 0.3) is 0 Å². The highest BCUT2D eigenvalue weighted by molar-refractivity contribution is 7.89. The summed E-state index contributed by atoms with van der Waals surface area (Å²) in [5, 5.41) is 3.32. The van der Waals surface area contributed by atoms with E-state index in [0.29, 0.717) is 11.6 Å². The lowest BCUT2D eigenvalue weighted by molar-refractivity contribution is -0.121. The molecule has 0 saturated heterocycles. The SMILES string of the molecule is O=C(CCNS(=O)(=O)c1ccccc1)NCc1cccc(Cl)c1. The third kappa shape index (κ3) is 5.67. The zero-order chi connectivity index (χ0) is 16.7. The molecule has 5 nitrogen and oxygen atoms in total. The van der Waals surface area contributed by atoms with Gasteiger partial charge in [0, 0.05) is 24.5 Å². The number of rotatable bonds is 7. The molecule has 0 saturated carbocycles. The van der Waals surface area contributed by atoms with Gasteiger partial charge in [0.1, 0.15) is 0 Å². The van der Waals surface area contributed by atoms with Crippen LogP contribution < -0.4 is 10.0 Å². The number of sulfonamides is 1. The van der Waals surface area contributed by atoms with E-state index in [9.17, 15) is 13.2 Å². The van der Waals surface area contributed by atoms with E-state index in [4.69, 9.17) is 11.6 Å². The first-order valence-corrected chi connectivity index (χ1v) is 8.89. The van der Waals surface area contributed by atoms with Gasteiger partial charge in [-0.3, -0.25) is 4.79 Å². The van der Waals surface area contributed by atoms with E-state index >= 15 is 0 Å². The molecule has 1 amide bonds. The van der Waals surface area contributed by atoms with Gasteiger partial charge in [-0.2, -0.15) is 0 Å². The number of nitrogens with one attached hydrogen (secondary N) is 2. The number of hydrogen-bond donors (Lipinski definition) is 2. The number of halogens is 1. The summed E-state index contributed by atoms with van der Waals surface area (Å²) in [5.74, 6) is -0.235. The molecule has 0 atom stereocenters. The molecule has 7 heteroatoms. The topological polar surface area (TPSA) is 75.3 Å². The van der Waals surface area contributed by atoms with Crippen molar-refractivity contribution in [2.24, 2.45) is 0 Å². The van der Waals surface area contributed by atoms with Crippen LogP contribution in [0.3, 0.4) is 0 Å². The Balaban J connectivity index is 1.77. The van der Waals surface area contributed by atoms with E-state index in [-0.39, 0.29) is 23.8 Å². The molecule has 23 heavy (non-hydrogen) atoms. The van der Waals surface area contributed by atoms with Gasteiger partial charge < -0.3 is 5.32 Å². The van der Waals surface area contributed by atoms with Gasteiger partial charge in [-0.25, -0.2) is 13.1 Å². The lowest BCUT2D eigenvalue weighted by atomic mass is 10.2. The molecule has 0 heterocycles. The quantitative estimate of drug-likeness (QED) is 0.803. The predicted octanol–water partition coefficient (Wildman–Crippen LogP) is 2.32. The third-order valence-corrected chi connectivity index (χ3v) is 4.79. The fourth-order valence-corrected chi connectivity index (χ4v) is 3.18. The standard InChI is InChI=1S/C16H17ClN2O3S/c17-14-6-4-5-13(11-14)12-18-16(20)9-10-19-23(21,22)15-7-2-1-3-8-15/h1-8,11,19H,9-10,12H2,(H,18,20). The average molecular weight is 353 g/mol. The molecule has 122 valence electrons. The van der Waals surface area contributed by atoms with Crippen LogP contribution in [0.1, 0.15) is 12.0 Å². The second-order valence-electron chi connectivity index (χ2n) is 4.87. The van der Waals surface area contributed by atoms with Crippen molar-refractivity contribution >= 4 is 27.5 Å². The monoisotopic (exact) mass is 352 g/mol. The van der Waals surface area contributed by atoms with Crippen molar-refractivity contribution in [3.05, 3.63) is 65.2 Å². The first-order valence-electron chi connectivity index (χ1n) is 7.03. The first-order chi connectivity index (χ1) is 11.0. The smallest absolute Gasteiger partial charge is 0.240 e. The largest absolute Gasteiger partial charge is 0.352 e.